The molecule has 0 bridgehead atoms. The van der Waals surface area contributed by atoms with E-state index in [2.05, 4.69) is 30.7 Å². The quantitative estimate of drug-likeness (QED) is 0.546. The van der Waals surface area contributed by atoms with Crippen LogP contribution in [0.3, 0.4) is 0 Å². The molecule has 0 saturated heterocycles. The van der Waals surface area contributed by atoms with E-state index in [1.54, 1.807) is 6.20 Å². The van der Waals surface area contributed by atoms with E-state index in [0.29, 0.717) is 11.2 Å². The van der Waals surface area contributed by atoms with Crippen molar-refractivity contribution in [1.82, 2.24) is 14.8 Å². The van der Waals surface area contributed by atoms with Gasteiger partial charge in [-0.05, 0) is 53.7 Å². The van der Waals surface area contributed by atoms with E-state index >= 15 is 0 Å². The number of aromatic nitrogens is 3. The Labute approximate surface area is 153 Å². The Morgan fingerprint density at radius 1 is 1.12 bits per heavy atom. The molecular formula is C18H17BrClN3O. The van der Waals surface area contributed by atoms with Gasteiger partial charge in [-0.2, -0.15) is 5.10 Å². The van der Waals surface area contributed by atoms with Crippen LogP contribution in [0, 0.1) is 0 Å². The molecule has 4 nitrogen and oxygen atoms in total. The van der Waals surface area contributed by atoms with Crippen molar-refractivity contribution in [3.63, 3.8) is 0 Å². The average molecular weight is 407 g/mol. The normalized spacial score (nSPS) is 21.1. The van der Waals surface area contributed by atoms with Crippen LogP contribution >= 0.6 is 27.5 Å². The second kappa shape index (κ2) is 6.73. The minimum atomic E-state index is 0.277. The summed E-state index contributed by atoms with van der Waals surface area (Å²) in [6.07, 6.45) is 6.19. The van der Waals surface area contributed by atoms with Crippen molar-refractivity contribution >= 4 is 38.4 Å². The second-order valence-corrected chi connectivity index (χ2v) is 7.26. The first-order chi connectivity index (χ1) is 11.7. The van der Waals surface area contributed by atoms with Gasteiger partial charge in [0.25, 0.3) is 0 Å². The van der Waals surface area contributed by atoms with Crippen molar-refractivity contribution in [2.45, 2.75) is 37.8 Å². The monoisotopic (exact) mass is 405 g/mol. The standard InChI is InChI=1S/C18H17BrClN3O/c19-18-15-11-21-17(20)10-16(15)23(22-18)12-6-8-14(9-7-12)24-13-4-2-1-3-5-13/h1-5,10-12,14H,6-9H2. The van der Waals surface area contributed by atoms with Gasteiger partial charge in [-0.15, -0.1) is 0 Å². The molecule has 3 aromatic rings. The third-order valence-electron chi connectivity index (χ3n) is 4.55. The summed E-state index contributed by atoms with van der Waals surface area (Å²) < 4.78 is 8.99. The molecule has 0 unspecified atom stereocenters. The van der Waals surface area contributed by atoms with Gasteiger partial charge in [-0.3, -0.25) is 4.68 Å². The van der Waals surface area contributed by atoms with Gasteiger partial charge in [0.1, 0.15) is 15.5 Å². The Kier molecular flexibility index (Phi) is 4.46. The number of hydrogen-bond acceptors (Lipinski definition) is 3. The third-order valence-corrected chi connectivity index (χ3v) is 5.34. The first-order valence-electron chi connectivity index (χ1n) is 8.11. The van der Waals surface area contributed by atoms with E-state index in [9.17, 15) is 0 Å². The number of ether oxygens (including phenoxy) is 1. The predicted molar refractivity (Wildman–Crippen MR) is 98.6 cm³/mol. The maximum Gasteiger partial charge on any atom is 0.137 e. The zero-order chi connectivity index (χ0) is 16.5. The molecule has 0 spiro atoms. The molecule has 1 fully saturated rings. The summed E-state index contributed by atoms with van der Waals surface area (Å²) >= 11 is 9.59. The fraction of sp³-hybridized carbons (Fsp3) is 0.333. The lowest BCUT2D eigenvalue weighted by atomic mass is 9.93. The predicted octanol–water partition coefficient (Wildman–Crippen LogP) is 5.41. The van der Waals surface area contributed by atoms with E-state index in [1.165, 1.54) is 0 Å². The molecule has 24 heavy (non-hydrogen) atoms. The number of hydrogen-bond donors (Lipinski definition) is 0. The number of nitrogens with zero attached hydrogens (tertiary/aromatic N) is 3. The largest absolute Gasteiger partial charge is 0.490 e. The van der Waals surface area contributed by atoms with Gasteiger partial charge in [-0.25, -0.2) is 4.98 Å². The Balaban J connectivity index is 1.49. The van der Waals surface area contributed by atoms with Crippen LogP contribution in [-0.2, 0) is 0 Å². The van der Waals surface area contributed by atoms with Crippen molar-refractivity contribution in [3.8, 4) is 5.75 Å². The molecule has 2 heterocycles. The lowest BCUT2D eigenvalue weighted by molar-refractivity contribution is 0.131. The molecule has 1 aliphatic carbocycles. The molecular weight excluding hydrogens is 390 g/mol. The molecule has 1 aromatic carbocycles. The Morgan fingerprint density at radius 2 is 1.88 bits per heavy atom. The highest BCUT2D eigenvalue weighted by atomic mass is 79.9. The highest BCUT2D eigenvalue weighted by Crippen LogP contribution is 2.35. The fourth-order valence-electron chi connectivity index (χ4n) is 3.35. The lowest BCUT2D eigenvalue weighted by Crippen LogP contribution is -2.26. The number of fused-ring (bicyclic) bond motifs is 1. The second-order valence-electron chi connectivity index (χ2n) is 6.12. The molecule has 124 valence electrons. The summed E-state index contributed by atoms with van der Waals surface area (Å²) in [5.41, 5.74) is 1.04. The highest BCUT2D eigenvalue weighted by Gasteiger charge is 2.26. The van der Waals surface area contributed by atoms with Crippen molar-refractivity contribution in [2.24, 2.45) is 0 Å². The van der Waals surface area contributed by atoms with Crippen LogP contribution in [0.4, 0.5) is 0 Å². The van der Waals surface area contributed by atoms with Gasteiger partial charge in [0.2, 0.25) is 0 Å². The summed E-state index contributed by atoms with van der Waals surface area (Å²) in [7, 11) is 0. The van der Waals surface area contributed by atoms with E-state index < -0.39 is 0 Å². The molecule has 1 aliphatic rings. The van der Waals surface area contributed by atoms with Crippen LogP contribution in [0.5, 0.6) is 5.75 Å². The Bertz CT molecular complexity index is 844. The summed E-state index contributed by atoms with van der Waals surface area (Å²) in [5.74, 6) is 0.950. The lowest BCUT2D eigenvalue weighted by Gasteiger charge is -2.29. The van der Waals surface area contributed by atoms with Crippen LogP contribution in [0.25, 0.3) is 10.9 Å². The zero-order valence-electron chi connectivity index (χ0n) is 13.0. The maximum atomic E-state index is 6.08. The number of para-hydroxylation sites is 1. The van der Waals surface area contributed by atoms with Crippen LogP contribution in [0.15, 0.2) is 47.2 Å². The Hall–Kier alpha value is -1.59. The van der Waals surface area contributed by atoms with Crippen molar-refractivity contribution in [3.05, 3.63) is 52.4 Å². The van der Waals surface area contributed by atoms with Gasteiger partial charge in [0.15, 0.2) is 0 Å². The molecule has 2 aromatic heterocycles. The average Bonchev–Trinajstić information content (AvgIpc) is 2.93. The van der Waals surface area contributed by atoms with Crippen LogP contribution in [-0.4, -0.2) is 20.9 Å². The first-order valence-corrected chi connectivity index (χ1v) is 9.29. The molecule has 1 saturated carbocycles. The maximum absolute atomic E-state index is 6.08. The minimum absolute atomic E-state index is 0.277. The summed E-state index contributed by atoms with van der Waals surface area (Å²) in [6.45, 7) is 0. The van der Waals surface area contributed by atoms with Gasteiger partial charge in [0.05, 0.1) is 23.0 Å². The fourth-order valence-corrected chi connectivity index (χ4v) is 3.98. The van der Waals surface area contributed by atoms with E-state index in [4.69, 9.17) is 16.3 Å². The molecule has 0 amide bonds. The third kappa shape index (κ3) is 3.15. The van der Waals surface area contributed by atoms with Crippen molar-refractivity contribution in [1.29, 1.82) is 0 Å². The van der Waals surface area contributed by atoms with Crippen molar-refractivity contribution < 1.29 is 4.74 Å². The summed E-state index contributed by atoms with van der Waals surface area (Å²) in [5, 5.41) is 6.16. The summed E-state index contributed by atoms with van der Waals surface area (Å²) in [4.78, 5) is 4.15. The topological polar surface area (TPSA) is 39.9 Å². The van der Waals surface area contributed by atoms with Gasteiger partial charge < -0.3 is 4.74 Å². The van der Waals surface area contributed by atoms with Crippen LogP contribution in [0.2, 0.25) is 5.15 Å². The van der Waals surface area contributed by atoms with Gasteiger partial charge in [0, 0.05) is 12.3 Å². The van der Waals surface area contributed by atoms with Crippen LogP contribution < -0.4 is 4.74 Å². The smallest absolute Gasteiger partial charge is 0.137 e. The number of halogens is 2. The van der Waals surface area contributed by atoms with Gasteiger partial charge >= 0.3 is 0 Å². The van der Waals surface area contributed by atoms with E-state index in [1.807, 2.05) is 36.4 Å². The zero-order valence-corrected chi connectivity index (χ0v) is 15.4. The summed E-state index contributed by atoms with van der Waals surface area (Å²) in [6, 6.07) is 12.3. The molecule has 0 radical (unpaired) electrons. The molecule has 4 rings (SSSR count). The van der Waals surface area contributed by atoms with Gasteiger partial charge in [-0.1, -0.05) is 29.8 Å². The van der Waals surface area contributed by atoms with Crippen LogP contribution in [0.1, 0.15) is 31.7 Å². The molecule has 6 heteroatoms. The van der Waals surface area contributed by atoms with E-state index in [-0.39, 0.29) is 6.10 Å². The molecule has 0 aliphatic heterocycles. The number of pyridine rings is 1. The minimum Gasteiger partial charge on any atom is -0.490 e. The first kappa shape index (κ1) is 15.9. The van der Waals surface area contributed by atoms with E-state index in [0.717, 1.165) is 46.9 Å². The molecule has 0 N–H and O–H groups in total. The number of benzene rings is 1. The highest BCUT2D eigenvalue weighted by molar-refractivity contribution is 9.10. The number of rotatable bonds is 3. The molecule has 0 atom stereocenters. The Morgan fingerprint density at radius 3 is 2.62 bits per heavy atom. The van der Waals surface area contributed by atoms with Crippen molar-refractivity contribution in [2.75, 3.05) is 0 Å². The SMILES string of the molecule is Clc1cc2c(cn1)c(Br)nn2C1CCC(Oc2ccccc2)CC1.